The molecule has 1 aliphatic rings. The van der Waals surface area contributed by atoms with Crippen molar-refractivity contribution in [3.8, 4) is 23.0 Å². The fraction of sp³-hybridized carbons (Fsp3) is 0.200. The van der Waals surface area contributed by atoms with Gasteiger partial charge in [-0.15, -0.1) is 0 Å². The van der Waals surface area contributed by atoms with Crippen molar-refractivity contribution in [1.29, 1.82) is 0 Å². The number of fused-ring (bicyclic) bond motifs is 1. The first-order valence-electron chi connectivity index (χ1n) is 10.8. The highest BCUT2D eigenvalue weighted by atomic mass is 16.6. The van der Waals surface area contributed by atoms with E-state index in [9.17, 15) is 40.1 Å². The van der Waals surface area contributed by atoms with Crippen molar-refractivity contribution in [1.82, 2.24) is 4.90 Å². The maximum Gasteiger partial charge on any atom is 0.328 e. The van der Waals surface area contributed by atoms with E-state index in [1.807, 2.05) is 0 Å². The molecule has 0 spiro atoms. The summed E-state index contributed by atoms with van der Waals surface area (Å²) in [5.41, 5.74) is 1.04. The highest BCUT2D eigenvalue weighted by molar-refractivity contribution is 5.98. The van der Waals surface area contributed by atoms with Crippen molar-refractivity contribution in [3.05, 3.63) is 87.0 Å². The molecule has 2 atom stereocenters. The van der Waals surface area contributed by atoms with Crippen LogP contribution in [0, 0.1) is 10.1 Å². The zero-order valence-corrected chi connectivity index (χ0v) is 19.0. The number of phenols is 4. The van der Waals surface area contributed by atoms with Gasteiger partial charge in [0.2, 0.25) is 0 Å². The van der Waals surface area contributed by atoms with Gasteiger partial charge in [-0.1, -0.05) is 12.1 Å². The second-order valence-electron chi connectivity index (χ2n) is 8.35. The number of carbonyl (C=O) groups excluding carboxylic acids is 2. The number of ether oxygens (including phenoxy) is 1. The molecule has 186 valence electrons. The number of aromatic hydroxyl groups is 4. The van der Waals surface area contributed by atoms with Crippen LogP contribution in [0.5, 0.6) is 23.0 Å². The van der Waals surface area contributed by atoms with Crippen LogP contribution in [0.25, 0.3) is 0 Å². The second-order valence-corrected chi connectivity index (χ2v) is 8.35. The maximum atomic E-state index is 13.8. The van der Waals surface area contributed by atoms with Crippen molar-refractivity contribution in [3.63, 3.8) is 0 Å². The van der Waals surface area contributed by atoms with E-state index in [0.717, 1.165) is 13.2 Å². The lowest BCUT2D eigenvalue weighted by atomic mass is 9.84. The molecular weight excluding hydrogens is 472 g/mol. The molecule has 3 aromatic rings. The van der Waals surface area contributed by atoms with E-state index in [4.69, 9.17) is 4.74 Å². The van der Waals surface area contributed by atoms with E-state index in [1.165, 1.54) is 53.4 Å². The molecule has 3 aromatic carbocycles. The average Bonchev–Trinajstić information content (AvgIpc) is 2.86. The van der Waals surface area contributed by atoms with Crippen LogP contribution in [0.2, 0.25) is 0 Å². The fourth-order valence-corrected chi connectivity index (χ4v) is 4.44. The lowest BCUT2D eigenvalue weighted by molar-refractivity contribution is -0.384. The molecule has 11 heteroatoms. The van der Waals surface area contributed by atoms with Crippen LogP contribution in [-0.2, 0) is 22.4 Å². The van der Waals surface area contributed by atoms with E-state index in [1.54, 1.807) is 0 Å². The summed E-state index contributed by atoms with van der Waals surface area (Å²) in [5, 5.41) is 51.2. The first-order valence-corrected chi connectivity index (χ1v) is 10.8. The number of nitro groups is 1. The Morgan fingerprint density at radius 1 is 1.00 bits per heavy atom. The normalized spacial score (nSPS) is 16.8. The minimum absolute atomic E-state index is 0.0270. The van der Waals surface area contributed by atoms with Crippen LogP contribution in [0.15, 0.2) is 54.6 Å². The Labute approximate surface area is 204 Å². The number of hydrogen-bond donors (Lipinski definition) is 4. The predicted octanol–water partition coefficient (Wildman–Crippen LogP) is 2.94. The average molecular weight is 494 g/mol. The number of non-ortho nitro benzene ring substituents is 1. The van der Waals surface area contributed by atoms with Gasteiger partial charge in [-0.2, -0.15) is 0 Å². The number of nitrogens with zero attached hydrogens (tertiary/aromatic N) is 2. The van der Waals surface area contributed by atoms with Crippen LogP contribution in [0.4, 0.5) is 5.69 Å². The molecule has 4 N–H and O–H groups in total. The van der Waals surface area contributed by atoms with Gasteiger partial charge in [-0.05, 0) is 53.4 Å². The van der Waals surface area contributed by atoms with Gasteiger partial charge in [0.15, 0.2) is 23.0 Å². The standard InChI is InChI=1S/C25H22N2O9/c1-36-25(33)19-10-15-11-22(30)23(31)12-17(15)18(7-13-5-6-20(28)21(29)8-13)26(19)24(32)14-3-2-4-16(9-14)27(34)35/h2-6,8-9,11-12,18-19,28-31H,7,10H2,1H3/t18-,19-/m0/s1. The Morgan fingerprint density at radius 2 is 1.69 bits per heavy atom. The van der Waals surface area contributed by atoms with E-state index in [-0.39, 0.29) is 29.8 Å². The van der Waals surface area contributed by atoms with Crippen molar-refractivity contribution < 1.29 is 39.7 Å². The van der Waals surface area contributed by atoms with E-state index in [2.05, 4.69) is 0 Å². The summed E-state index contributed by atoms with van der Waals surface area (Å²) in [6, 6.07) is 9.68. The van der Waals surface area contributed by atoms with Gasteiger partial charge >= 0.3 is 5.97 Å². The highest BCUT2D eigenvalue weighted by Crippen LogP contribution is 2.42. The lowest BCUT2D eigenvalue weighted by Gasteiger charge is -2.42. The molecule has 4 rings (SSSR count). The summed E-state index contributed by atoms with van der Waals surface area (Å²) in [6.07, 6.45) is -0.0208. The van der Waals surface area contributed by atoms with Gasteiger partial charge in [0.05, 0.1) is 18.1 Å². The molecule has 0 saturated carbocycles. The van der Waals surface area contributed by atoms with Crippen LogP contribution in [0.1, 0.15) is 33.1 Å². The van der Waals surface area contributed by atoms with Gasteiger partial charge in [0.1, 0.15) is 6.04 Å². The number of methoxy groups -OCH3 is 1. The first kappa shape index (κ1) is 24.3. The molecular formula is C25H22N2O9. The molecule has 1 heterocycles. The minimum Gasteiger partial charge on any atom is -0.504 e. The molecule has 11 nitrogen and oxygen atoms in total. The third-order valence-electron chi connectivity index (χ3n) is 6.16. The number of rotatable bonds is 5. The number of nitro benzene ring substituents is 1. The Kier molecular flexibility index (Phi) is 6.39. The smallest absolute Gasteiger partial charge is 0.328 e. The van der Waals surface area contributed by atoms with Gasteiger partial charge in [0.25, 0.3) is 11.6 Å². The second kappa shape index (κ2) is 9.45. The van der Waals surface area contributed by atoms with E-state index >= 15 is 0 Å². The summed E-state index contributed by atoms with van der Waals surface area (Å²) in [6.45, 7) is 0. The summed E-state index contributed by atoms with van der Waals surface area (Å²) < 4.78 is 4.94. The summed E-state index contributed by atoms with van der Waals surface area (Å²) in [4.78, 5) is 38.5. The number of hydrogen-bond acceptors (Lipinski definition) is 9. The van der Waals surface area contributed by atoms with Crippen LogP contribution in [0.3, 0.4) is 0 Å². The number of phenolic OH excluding ortho intramolecular Hbond substituents is 4. The van der Waals surface area contributed by atoms with Gasteiger partial charge in [-0.25, -0.2) is 4.79 Å². The fourth-order valence-electron chi connectivity index (χ4n) is 4.44. The summed E-state index contributed by atoms with van der Waals surface area (Å²) in [5.74, 6) is -3.02. The topological polar surface area (TPSA) is 171 Å². The third-order valence-corrected chi connectivity index (χ3v) is 6.16. The van der Waals surface area contributed by atoms with Crippen LogP contribution in [-0.4, -0.2) is 55.3 Å². The largest absolute Gasteiger partial charge is 0.504 e. The third kappa shape index (κ3) is 4.45. The number of benzene rings is 3. The number of amides is 1. The minimum atomic E-state index is -1.16. The Morgan fingerprint density at radius 3 is 2.36 bits per heavy atom. The summed E-state index contributed by atoms with van der Waals surface area (Å²) in [7, 11) is 1.16. The molecule has 0 bridgehead atoms. The van der Waals surface area contributed by atoms with Crippen molar-refractivity contribution in [2.24, 2.45) is 0 Å². The predicted molar refractivity (Wildman–Crippen MR) is 125 cm³/mol. The van der Waals surface area contributed by atoms with Gasteiger partial charge in [0, 0.05) is 24.1 Å². The van der Waals surface area contributed by atoms with E-state index in [0.29, 0.717) is 16.7 Å². The molecule has 36 heavy (non-hydrogen) atoms. The molecule has 0 fully saturated rings. The highest BCUT2D eigenvalue weighted by Gasteiger charge is 2.42. The maximum absolute atomic E-state index is 13.8. The zero-order chi connectivity index (χ0) is 26.1. The van der Waals surface area contributed by atoms with Crippen molar-refractivity contribution in [2.75, 3.05) is 7.11 Å². The zero-order valence-electron chi connectivity index (χ0n) is 19.0. The monoisotopic (exact) mass is 494 g/mol. The molecule has 1 amide bonds. The van der Waals surface area contributed by atoms with Crippen LogP contribution < -0.4 is 0 Å². The number of esters is 1. The Bertz CT molecular complexity index is 1370. The molecule has 0 radical (unpaired) electrons. The van der Waals surface area contributed by atoms with E-state index < -0.39 is 46.1 Å². The Hall–Kier alpha value is -4.80. The van der Waals surface area contributed by atoms with Crippen molar-refractivity contribution in [2.45, 2.75) is 24.9 Å². The van der Waals surface area contributed by atoms with Crippen molar-refractivity contribution >= 4 is 17.6 Å². The molecule has 1 aliphatic heterocycles. The molecule has 0 aliphatic carbocycles. The lowest BCUT2D eigenvalue weighted by Crippen LogP contribution is -2.52. The molecule has 0 unspecified atom stereocenters. The van der Waals surface area contributed by atoms with Gasteiger partial charge in [-0.3, -0.25) is 14.9 Å². The summed E-state index contributed by atoms with van der Waals surface area (Å²) >= 11 is 0. The SMILES string of the molecule is COC(=O)[C@@H]1Cc2cc(O)c(O)cc2[C@H](Cc2ccc(O)c(O)c2)N1C(=O)c1cccc([N+](=O)[O-])c1. The number of carbonyl (C=O) groups is 2. The first-order chi connectivity index (χ1) is 17.1. The quantitative estimate of drug-likeness (QED) is 0.180. The Balaban J connectivity index is 1.89. The van der Waals surface area contributed by atoms with Gasteiger partial charge < -0.3 is 30.1 Å². The van der Waals surface area contributed by atoms with Crippen LogP contribution >= 0.6 is 0 Å². The molecule has 0 aromatic heterocycles. The molecule has 0 saturated heterocycles.